The highest BCUT2D eigenvalue weighted by atomic mass is 35.5. The number of amides is 4. The lowest BCUT2D eigenvalue weighted by Gasteiger charge is -2.38. The minimum atomic E-state index is -3.86. The fourth-order valence-corrected chi connectivity index (χ4v) is 15.7. The summed E-state index contributed by atoms with van der Waals surface area (Å²) in [5.41, 5.74) is 19.3. The first kappa shape index (κ1) is 71.5. The molecule has 0 saturated carbocycles. The molecule has 4 aliphatic rings. The predicted molar refractivity (Wildman–Crippen MR) is 350 cm³/mol. The van der Waals surface area contributed by atoms with Crippen molar-refractivity contribution in [1.82, 2.24) is 40.5 Å². The summed E-state index contributed by atoms with van der Waals surface area (Å²) in [5, 5.41) is 13.2. The van der Waals surface area contributed by atoms with Crippen molar-refractivity contribution in [3.63, 3.8) is 0 Å². The second kappa shape index (κ2) is 34.2. The number of carbonyl (C=O) groups excluding carboxylic acids is 2. The van der Waals surface area contributed by atoms with E-state index in [2.05, 4.69) is 40.5 Å². The number of piperidine rings is 2. The molecule has 0 spiro atoms. The molecule has 28 heteroatoms. The summed E-state index contributed by atoms with van der Waals surface area (Å²) in [6.45, 7) is 13.9. The van der Waals surface area contributed by atoms with Crippen LogP contribution < -0.4 is 51.7 Å². The summed E-state index contributed by atoms with van der Waals surface area (Å²) in [6.07, 6.45) is 5.86. The van der Waals surface area contributed by atoms with Gasteiger partial charge in [0.15, 0.2) is 0 Å². The van der Waals surface area contributed by atoms with Crippen LogP contribution >= 0.6 is 46.4 Å². The average Bonchev–Trinajstić information content (AvgIpc) is 1.65. The monoisotopic (exact) mass is 1370 g/mol. The maximum absolute atomic E-state index is 13.4. The molecule has 0 unspecified atom stereocenters. The van der Waals surface area contributed by atoms with Crippen molar-refractivity contribution in [2.45, 2.75) is 125 Å². The van der Waals surface area contributed by atoms with Crippen molar-refractivity contribution < 1.29 is 54.8 Å². The Morgan fingerprint density at radius 2 is 0.844 bits per heavy atom. The first-order valence-electron chi connectivity index (χ1n) is 30.9. The molecule has 4 aromatic carbocycles. The van der Waals surface area contributed by atoms with Crippen molar-refractivity contribution in [2.24, 2.45) is 11.5 Å². The van der Waals surface area contributed by atoms with E-state index < -0.39 is 20.0 Å². The van der Waals surface area contributed by atoms with Gasteiger partial charge in [-0.25, -0.2) is 35.9 Å². The third-order valence-corrected chi connectivity index (χ3v) is 20.5. The summed E-state index contributed by atoms with van der Waals surface area (Å²) in [4.78, 5) is 29.4. The van der Waals surface area contributed by atoms with Gasteiger partial charge < -0.3 is 61.2 Å². The molecule has 2 aliphatic carbocycles. The van der Waals surface area contributed by atoms with Crippen molar-refractivity contribution >= 4 is 78.5 Å². The van der Waals surface area contributed by atoms with E-state index in [1.54, 1.807) is 36.4 Å². The molecule has 0 aromatic heterocycles. The van der Waals surface area contributed by atoms with Crippen LogP contribution in [0.1, 0.15) is 95.2 Å². The molecule has 2 fully saturated rings. The van der Waals surface area contributed by atoms with Gasteiger partial charge in [0.2, 0.25) is 20.0 Å². The van der Waals surface area contributed by atoms with Crippen LogP contribution in [-0.4, -0.2) is 181 Å². The zero-order valence-corrected chi connectivity index (χ0v) is 56.4. The molecule has 2 aliphatic heterocycles. The highest BCUT2D eigenvalue weighted by molar-refractivity contribution is 7.89. The van der Waals surface area contributed by atoms with E-state index in [-0.39, 0.29) is 137 Å². The largest absolute Gasteiger partial charge is 0.484 e. The molecule has 2 heterocycles. The predicted octanol–water partition coefficient (Wildman–Crippen LogP) is 7.17. The number of urea groups is 2. The van der Waals surface area contributed by atoms with E-state index >= 15 is 0 Å². The van der Waals surface area contributed by atoms with E-state index in [1.807, 2.05) is 39.8 Å². The molecule has 6 atom stereocenters. The van der Waals surface area contributed by atoms with E-state index in [4.69, 9.17) is 86.3 Å². The Balaban J connectivity index is 0.602. The third kappa shape index (κ3) is 20.1. The molecule has 4 amide bonds. The number of likely N-dealkylation sites (tertiary alicyclic amines) is 2. The third-order valence-electron chi connectivity index (χ3n) is 16.5. The van der Waals surface area contributed by atoms with Gasteiger partial charge >= 0.3 is 12.1 Å². The number of nitrogens with one attached hydrogen (secondary N) is 6. The molecule has 498 valence electrons. The van der Waals surface area contributed by atoms with Gasteiger partial charge in [0.05, 0.1) is 74.7 Å². The lowest BCUT2D eigenvalue weighted by molar-refractivity contribution is 0.0516. The summed E-state index contributed by atoms with van der Waals surface area (Å²) in [6, 6.07) is 13.2. The Labute approximate surface area is 550 Å². The highest BCUT2D eigenvalue weighted by Crippen LogP contribution is 2.46. The van der Waals surface area contributed by atoms with Crippen LogP contribution in [-0.2, 0) is 51.8 Å². The Kier molecular flexibility index (Phi) is 27.2. The van der Waals surface area contributed by atoms with Crippen LogP contribution in [0.5, 0.6) is 11.5 Å². The Bertz CT molecular complexity index is 3060. The van der Waals surface area contributed by atoms with Gasteiger partial charge in [-0.1, -0.05) is 46.4 Å². The summed E-state index contributed by atoms with van der Waals surface area (Å²) in [7, 11) is -7.72. The highest BCUT2D eigenvalue weighted by Gasteiger charge is 2.43. The topological polar surface area (TPSA) is 288 Å². The number of unbranched alkanes of at least 4 members (excludes halogenated alkanes) is 1. The molecule has 90 heavy (non-hydrogen) atoms. The zero-order chi connectivity index (χ0) is 64.5. The second-order valence-electron chi connectivity index (χ2n) is 23.4. The quantitative estimate of drug-likeness (QED) is 0.0219. The molecule has 4 aromatic rings. The number of ether oxygens (including phenoxy) is 6. The minimum Gasteiger partial charge on any atom is -0.484 e. The first-order chi connectivity index (χ1) is 43.1. The lowest BCUT2D eigenvalue weighted by Crippen LogP contribution is -2.49. The summed E-state index contributed by atoms with van der Waals surface area (Å²) >= 11 is 26.3. The molecule has 10 N–H and O–H groups in total. The van der Waals surface area contributed by atoms with Crippen molar-refractivity contribution in [2.75, 3.05) is 118 Å². The maximum atomic E-state index is 13.4. The summed E-state index contributed by atoms with van der Waals surface area (Å²) in [5.74, 6) is 1.22. The van der Waals surface area contributed by atoms with E-state index in [0.29, 0.717) is 92.6 Å². The van der Waals surface area contributed by atoms with E-state index in [1.165, 1.54) is 0 Å². The van der Waals surface area contributed by atoms with Crippen molar-refractivity contribution in [1.29, 1.82) is 0 Å². The van der Waals surface area contributed by atoms with Gasteiger partial charge in [-0.15, -0.1) is 0 Å². The van der Waals surface area contributed by atoms with Gasteiger partial charge in [-0.2, -0.15) is 0 Å². The molecular formula is C62H88Cl4N10O12S2. The van der Waals surface area contributed by atoms with Crippen molar-refractivity contribution in [3.8, 4) is 11.5 Å². The fraction of sp³-hybridized carbons (Fsp3) is 0.581. The molecule has 0 bridgehead atoms. The van der Waals surface area contributed by atoms with Crippen LogP contribution in [0.3, 0.4) is 0 Å². The molecule has 22 nitrogen and oxygen atoms in total. The number of nitrogens with two attached hydrogens (primary N) is 2. The van der Waals surface area contributed by atoms with Gasteiger partial charge in [0.25, 0.3) is 0 Å². The molecule has 2 saturated heterocycles. The first-order valence-corrected chi connectivity index (χ1v) is 35.4. The molecular weight excluding hydrogens is 1280 g/mol. The molecule has 0 radical (unpaired) electrons. The van der Waals surface area contributed by atoms with Gasteiger partial charge in [-0.3, -0.25) is 9.80 Å². The fourth-order valence-electron chi connectivity index (χ4n) is 12.2. The number of hydrogen-bond acceptors (Lipinski definition) is 16. The number of fused-ring (bicyclic) bond motifs is 2. The van der Waals surface area contributed by atoms with Crippen molar-refractivity contribution in [3.05, 3.63) is 113 Å². The standard InChI is InChI=1S/C62H88Cl4N10O12S2/c1-39-27-47(28-40(2)57(39)87-59-51-31-43(63)33-53(65)49(51)35-55(59)75-17-7-9-45(67)37-75)89(79,80)73-15-21-85-25-23-83-19-13-71-61(77)69-11-5-6-12-70-62(78)72-14-20-84-24-26-86-22-16-74-90(81,82)48-29-41(3)58(42(4)30-48)88-60-52-32-44(64)34-54(66)50(52)36-56(60)76-18-8-10-46(68)38-76/h27-34,45-46,55-56,59-60,73-74H,5-26,35-38,67-68H2,1-4H3,(H2,69,71,77)(H2,70,72,78)/t45-,46-,55+,56+,59+,60+/m1/s1. The number of nitrogens with zero attached hydrogens (tertiary/aromatic N) is 2. The van der Waals surface area contributed by atoms with Gasteiger partial charge in [0.1, 0.15) is 23.7 Å². The number of aryl methyl sites for hydroxylation is 4. The zero-order valence-electron chi connectivity index (χ0n) is 51.7. The van der Waals surface area contributed by atoms with Crippen LogP contribution in [0.15, 0.2) is 58.3 Å². The van der Waals surface area contributed by atoms with Crippen LogP contribution in [0.4, 0.5) is 9.59 Å². The van der Waals surface area contributed by atoms with Crippen LogP contribution in [0.25, 0.3) is 0 Å². The number of hydrogen-bond donors (Lipinski definition) is 8. The molecule has 8 rings (SSSR count). The number of benzene rings is 4. The van der Waals surface area contributed by atoms with E-state index in [9.17, 15) is 26.4 Å². The van der Waals surface area contributed by atoms with Crippen LogP contribution in [0, 0.1) is 27.7 Å². The normalized spacial score (nSPS) is 20.4. The number of sulfonamides is 2. The minimum absolute atomic E-state index is 0.00630. The maximum Gasteiger partial charge on any atom is 0.314 e. The van der Waals surface area contributed by atoms with Gasteiger partial charge in [-0.05, 0) is 174 Å². The second-order valence-corrected chi connectivity index (χ2v) is 28.6. The number of carbonyl (C=O) groups is 2. The Hall–Kier alpha value is -4.32. The smallest absolute Gasteiger partial charge is 0.314 e. The average molecular weight is 1370 g/mol. The lowest BCUT2D eigenvalue weighted by atomic mass is 10.0. The van der Waals surface area contributed by atoms with Gasteiger partial charge in [0, 0.05) is 95.7 Å². The van der Waals surface area contributed by atoms with Crippen LogP contribution in [0.2, 0.25) is 20.1 Å². The van der Waals surface area contributed by atoms with E-state index in [0.717, 1.165) is 74.1 Å². The Morgan fingerprint density at radius 1 is 0.500 bits per heavy atom. The Morgan fingerprint density at radius 3 is 1.20 bits per heavy atom. The number of halogens is 4. The SMILES string of the molecule is Cc1cc(S(=O)(=O)NCCOCCOCCNC(=O)NCCCCNC(=O)NCCOCCOCCNS(=O)(=O)c2cc(C)c(O[C@H]3c4cc(Cl)cc(Cl)c4C[C@@H]3N3CCC[C@@H](N)C3)c(C)c2)cc(C)c1O[C@H]1c2cc(Cl)cc(Cl)c2C[C@@H]1N1CCC[C@@H](N)C1. The summed E-state index contributed by atoms with van der Waals surface area (Å²) < 4.78 is 94.5. The number of rotatable bonds is 33.